The van der Waals surface area contributed by atoms with Gasteiger partial charge in [0, 0.05) is 17.6 Å². The van der Waals surface area contributed by atoms with Crippen molar-refractivity contribution in [1.29, 1.82) is 0 Å². The minimum atomic E-state index is -3.81. The van der Waals surface area contributed by atoms with Crippen molar-refractivity contribution >= 4 is 33.2 Å². The first-order valence-corrected chi connectivity index (χ1v) is 8.19. The van der Waals surface area contributed by atoms with Crippen LogP contribution in [0.1, 0.15) is 11.3 Å². The average molecular weight is 350 g/mol. The van der Waals surface area contributed by atoms with Gasteiger partial charge in [0.15, 0.2) is 5.76 Å². The second kappa shape index (κ2) is 6.76. The van der Waals surface area contributed by atoms with E-state index in [0.717, 1.165) is 0 Å². The largest absolute Gasteiger partial charge is 0.360 e. The highest BCUT2D eigenvalue weighted by atomic mass is 35.5. The van der Waals surface area contributed by atoms with Crippen molar-refractivity contribution in [3.8, 4) is 0 Å². The number of sulfonamides is 1. The maximum absolute atomic E-state index is 12.3. The fourth-order valence-electron chi connectivity index (χ4n) is 1.71. The Morgan fingerprint density at radius 1 is 1.29 bits per heavy atom. The molecule has 1 aromatic heterocycles. The van der Waals surface area contributed by atoms with Crippen LogP contribution < -0.4 is 10.0 Å². The van der Waals surface area contributed by atoms with Gasteiger partial charge < -0.3 is 9.84 Å². The first-order chi connectivity index (χ1) is 9.94. The number of hydrogen-bond acceptors (Lipinski definition) is 5. The van der Waals surface area contributed by atoms with Gasteiger partial charge in [0.1, 0.15) is 4.90 Å². The van der Waals surface area contributed by atoms with Crippen LogP contribution in [0, 0.1) is 0 Å². The molecule has 0 saturated heterocycles. The van der Waals surface area contributed by atoms with Crippen molar-refractivity contribution in [2.75, 3.05) is 7.05 Å². The Bertz CT molecular complexity index is 718. The lowest BCUT2D eigenvalue weighted by atomic mass is 10.2. The highest BCUT2D eigenvalue weighted by Gasteiger charge is 2.21. The Morgan fingerprint density at radius 2 is 2.05 bits per heavy atom. The van der Waals surface area contributed by atoms with Gasteiger partial charge in [-0.3, -0.25) is 0 Å². The molecular formula is C12H13Cl2N3O3S. The number of halogens is 2. The summed E-state index contributed by atoms with van der Waals surface area (Å²) in [4.78, 5) is -0.0681. The van der Waals surface area contributed by atoms with Crippen LogP contribution in [0.3, 0.4) is 0 Å². The Kier molecular flexibility index (Phi) is 5.23. The van der Waals surface area contributed by atoms with E-state index in [4.69, 9.17) is 27.7 Å². The number of rotatable bonds is 6. The molecule has 0 unspecified atom stereocenters. The minimum absolute atomic E-state index is 0.0213. The molecular weight excluding hydrogens is 337 g/mol. The van der Waals surface area contributed by atoms with Gasteiger partial charge in [-0.15, -0.1) is 0 Å². The third-order valence-electron chi connectivity index (χ3n) is 2.66. The predicted molar refractivity (Wildman–Crippen MR) is 79.8 cm³/mol. The van der Waals surface area contributed by atoms with E-state index in [1.165, 1.54) is 12.3 Å². The van der Waals surface area contributed by atoms with Gasteiger partial charge in [-0.2, -0.15) is 0 Å². The van der Waals surface area contributed by atoms with Crippen LogP contribution in [0.2, 0.25) is 10.0 Å². The van der Waals surface area contributed by atoms with Crippen LogP contribution in [0.5, 0.6) is 0 Å². The van der Waals surface area contributed by atoms with E-state index in [-0.39, 0.29) is 16.5 Å². The molecule has 0 saturated carbocycles. The second-order valence-electron chi connectivity index (χ2n) is 4.21. The molecule has 0 aliphatic heterocycles. The summed E-state index contributed by atoms with van der Waals surface area (Å²) < 4.78 is 31.9. The zero-order valence-corrected chi connectivity index (χ0v) is 13.4. The van der Waals surface area contributed by atoms with E-state index in [2.05, 4.69) is 15.2 Å². The molecule has 1 heterocycles. The molecule has 21 heavy (non-hydrogen) atoms. The molecule has 0 amide bonds. The standard InChI is InChI=1S/C12H13Cl2N3O3S/c1-15-6-8-4-9(13)5-11(12(8)14)21(18,19)17-7-10-2-3-16-20-10/h2-5,15,17H,6-7H2,1H3. The van der Waals surface area contributed by atoms with Crippen LogP contribution in [0.4, 0.5) is 0 Å². The van der Waals surface area contributed by atoms with Crippen molar-refractivity contribution in [3.63, 3.8) is 0 Å². The van der Waals surface area contributed by atoms with Crippen molar-refractivity contribution < 1.29 is 12.9 Å². The summed E-state index contributed by atoms with van der Waals surface area (Å²) in [5, 5.41) is 6.84. The molecule has 0 atom stereocenters. The number of hydrogen-bond donors (Lipinski definition) is 2. The minimum Gasteiger partial charge on any atom is -0.360 e. The number of benzene rings is 1. The van der Waals surface area contributed by atoms with Gasteiger partial charge in [0.25, 0.3) is 0 Å². The van der Waals surface area contributed by atoms with E-state index in [0.29, 0.717) is 22.9 Å². The van der Waals surface area contributed by atoms with Crippen LogP contribution in [0.15, 0.2) is 33.8 Å². The lowest BCUT2D eigenvalue weighted by Gasteiger charge is -2.11. The van der Waals surface area contributed by atoms with Gasteiger partial charge in [0.2, 0.25) is 10.0 Å². The molecule has 0 radical (unpaired) electrons. The summed E-state index contributed by atoms with van der Waals surface area (Å²) in [5.74, 6) is 0.396. The molecule has 114 valence electrons. The molecule has 2 aromatic rings. The molecule has 0 bridgehead atoms. The Balaban J connectivity index is 2.30. The molecule has 0 fully saturated rings. The summed E-state index contributed by atoms with van der Waals surface area (Å²) in [6.45, 7) is 0.385. The first kappa shape index (κ1) is 16.3. The topological polar surface area (TPSA) is 84.2 Å². The van der Waals surface area contributed by atoms with Crippen molar-refractivity contribution in [2.24, 2.45) is 0 Å². The second-order valence-corrected chi connectivity index (χ2v) is 6.76. The van der Waals surface area contributed by atoms with Crippen LogP contribution in [0.25, 0.3) is 0 Å². The van der Waals surface area contributed by atoms with E-state index in [1.54, 1.807) is 19.2 Å². The highest BCUT2D eigenvalue weighted by molar-refractivity contribution is 7.89. The molecule has 2 N–H and O–H groups in total. The lowest BCUT2D eigenvalue weighted by molar-refractivity contribution is 0.380. The summed E-state index contributed by atoms with van der Waals surface area (Å²) in [7, 11) is -2.08. The fraction of sp³-hybridized carbons (Fsp3) is 0.250. The van der Waals surface area contributed by atoms with Crippen molar-refractivity contribution in [1.82, 2.24) is 15.2 Å². The van der Waals surface area contributed by atoms with Gasteiger partial charge >= 0.3 is 0 Å². The van der Waals surface area contributed by atoms with Gasteiger partial charge in [-0.25, -0.2) is 13.1 Å². The molecule has 1 aromatic carbocycles. The van der Waals surface area contributed by atoms with E-state index in [1.807, 2.05) is 0 Å². The monoisotopic (exact) mass is 349 g/mol. The molecule has 9 heteroatoms. The fourth-order valence-corrected chi connectivity index (χ4v) is 3.63. The molecule has 2 rings (SSSR count). The van der Waals surface area contributed by atoms with E-state index >= 15 is 0 Å². The predicted octanol–water partition coefficient (Wildman–Crippen LogP) is 2.18. The zero-order valence-electron chi connectivity index (χ0n) is 11.1. The molecule has 0 spiro atoms. The smallest absolute Gasteiger partial charge is 0.242 e. The molecule has 6 nitrogen and oxygen atoms in total. The van der Waals surface area contributed by atoms with Crippen molar-refractivity contribution in [3.05, 3.63) is 45.8 Å². The van der Waals surface area contributed by atoms with Crippen LogP contribution in [-0.4, -0.2) is 20.6 Å². The third kappa shape index (κ3) is 3.96. The molecule has 0 aliphatic carbocycles. The number of aromatic nitrogens is 1. The van der Waals surface area contributed by atoms with Gasteiger partial charge in [-0.05, 0) is 24.7 Å². The van der Waals surface area contributed by atoms with Crippen molar-refractivity contribution in [2.45, 2.75) is 18.0 Å². The van der Waals surface area contributed by atoms with Gasteiger partial charge in [0.05, 0.1) is 17.8 Å². The zero-order chi connectivity index (χ0) is 15.5. The summed E-state index contributed by atoms with van der Waals surface area (Å²) in [6.07, 6.45) is 1.43. The normalized spacial score (nSPS) is 11.8. The highest BCUT2D eigenvalue weighted by Crippen LogP contribution is 2.29. The Morgan fingerprint density at radius 3 is 2.67 bits per heavy atom. The van der Waals surface area contributed by atoms with Crippen LogP contribution >= 0.6 is 23.2 Å². The Labute approximate surface area is 132 Å². The maximum atomic E-state index is 12.3. The summed E-state index contributed by atoms with van der Waals surface area (Å²) >= 11 is 12.1. The van der Waals surface area contributed by atoms with E-state index in [9.17, 15) is 8.42 Å². The number of nitrogens with zero attached hydrogens (tertiary/aromatic N) is 1. The first-order valence-electron chi connectivity index (χ1n) is 5.96. The summed E-state index contributed by atoms with van der Waals surface area (Å²) in [5.41, 5.74) is 0.603. The third-order valence-corrected chi connectivity index (χ3v) is 4.87. The van der Waals surface area contributed by atoms with Crippen LogP contribution in [-0.2, 0) is 23.1 Å². The average Bonchev–Trinajstić information content (AvgIpc) is 2.94. The van der Waals surface area contributed by atoms with E-state index < -0.39 is 10.0 Å². The summed E-state index contributed by atoms with van der Waals surface area (Å²) in [6, 6.07) is 4.50. The lowest BCUT2D eigenvalue weighted by Crippen LogP contribution is -2.24. The maximum Gasteiger partial charge on any atom is 0.242 e. The Hall–Kier alpha value is -1.12. The molecule has 0 aliphatic rings. The SMILES string of the molecule is CNCc1cc(Cl)cc(S(=O)(=O)NCc2ccno2)c1Cl. The number of nitrogens with one attached hydrogen (secondary N) is 2. The quantitative estimate of drug-likeness (QED) is 0.834. The van der Waals surface area contributed by atoms with Gasteiger partial charge in [-0.1, -0.05) is 28.4 Å².